The van der Waals surface area contributed by atoms with Crippen LogP contribution in [0.1, 0.15) is 53.4 Å². The molecule has 0 aliphatic carbocycles. The molecule has 3 nitrogen and oxygen atoms in total. The minimum atomic E-state index is -1.44. The van der Waals surface area contributed by atoms with Crippen LogP contribution in [0.15, 0.2) is 0 Å². The highest BCUT2D eigenvalue weighted by molar-refractivity contribution is 6.77. The molecular weight excluding hydrogens is 340 g/mol. The van der Waals surface area contributed by atoms with Crippen LogP contribution in [0, 0.1) is 0 Å². The lowest BCUT2D eigenvalue weighted by Gasteiger charge is -2.42. The fourth-order valence-electron chi connectivity index (χ4n) is 4.61. The lowest BCUT2D eigenvalue weighted by atomic mass is 10.1. The van der Waals surface area contributed by atoms with Gasteiger partial charge >= 0.3 is 0 Å². The van der Waals surface area contributed by atoms with Crippen molar-refractivity contribution < 1.29 is 4.43 Å². The first-order valence-electron chi connectivity index (χ1n) is 11.0. The van der Waals surface area contributed by atoms with Crippen LogP contribution in [0.2, 0.25) is 37.3 Å². The number of likely N-dealkylation sites (tertiary alicyclic amines) is 1. The highest BCUT2D eigenvalue weighted by Crippen LogP contribution is 2.26. The Labute approximate surface area is 160 Å². The van der Waals surface area contributed by atoms with E-state index >= 15 is 0 Å². The average molecular weight is 387 g/mol. The zero-order valence-corrected chi connectivity index (χ0v) is 20.2. The zero-order chi connectivity index (χ0) is 18.8. The van der Waals surface area contributed by atoms with Gasteiger partial charge in [-0.25, -0.2) is 0 Å². The number of rotatable bonds is 13. The van der Waals surface area contributed by atoms with Gasteiger partial charge in [0, 0.05) is 19.7 Å². The SMILES string of the molecule is CCO[Si](C)(C)CCCN(CCN1CCCCC1)[Si](CC)(CC)CC. The van der Waals surface area contributed by atoms with Crippen molar-refractivity contribution in [1.29, 1.82) is 0 Å². The molecule has 1 aliphatic heterocycles. The standard InChI is InChI=1S/C20H46N2OSi2/c1-7-23-24(5,6)20-14-17-22(25(8-2,9-3)10-4)19-18-21-15-12-11-13-16-21/h7-20H2,1-6H3. The summed E-state index contributed by atoms with van der Waals surface area (Å²) in [4.78, 5) is 2.72. The van der Waals surface area contributed by atoms with Gasteiger partial charge in [0.05, 0.1) is 0 Å². The molecule has 1 rings (SSSR count). The molecule has 1 fully saturated rings. The van der Waals surface area contributed by atoms with Crippen molar-refractivity contribution in [3.63, 3.8) is 0 Å². The van der Waals surface area contributed by atoms with Crippen LogP contribution in [0.25, 0.3) is 0 Å². The molecule has 0 aromatic rings. The smallest absolute Gasteiger partial charge is 0.186 e. The fourth-order valence-corrected chi connectivity index (χ4v) is 10.6. The second-order valence-corrected chi connectivity index (χ2v) is 18.0. The summed E-state index contributed by atoms with van der Waals surface area (Å²) in [7, 11) is -2.70. The van der Waals surface area contributed by atoms with E-state index in [-0.39, 0.29) is 0 Å². The molecular formula is C20H46N2OSi2. The first kappa shape index (κ1) is 23.4. The summed E-state index contributed by atoms with van der Waals surface area (Å²) in [5, 5.41) is 0. The van der Waals surface area contributed by atoms with Gasteiger partial charge < -0.3 is 13.9 Å². The highest BCUT2D eigenvalue weighted by Gasteiger charge is 2.34. The highest BCUT2D eigenvalue weighted by atomic mass is 28.4. The van der Waals surface area contributed by atoms with Gasteiger partial charge in [-0.1, -0.05) is 27.2 Å². The number of nitrogens with zero attached hydrogens (tertiary/aromatic N) is 2. The van der Waals surface area contributed by atoms with Crippen LogP contribution in [0.4, 0.5) is 0 Å². The molecule has 1 aliphatic rings. The molecule has 5 heteroatoms. The predicted octanol–water partition coefficient (Wildman–Crippen LogP) is 5.41. The quantitative estimate of drug-likeness (QED) is 0.393. The van der Waals surface area contributed by atoms with Gasteiger partial charge in [-0.15, -0.1) is 0 Å². The van der Waals surface area contributed by atoms with E-state index in [1.807, 2.05) is 0 Å². The van der Waals surface area contributed by atoms with E-state index in [9.17, 15) is 0 Å². The maximum Gasteiger partial charge on any atom is 0.186 e. The Morgan fingerprint density at radius 2 is 1.48 bits per heavy atom. The van der Waals surface area contributed by atoms with Gasteiger partial charge in [0.15, 0.2) is 8.32 Å². The summed E-state index contributed by atoms with van der Waals surface area (Å²) in [6.45, 7) is 21.7. The van der Waals surface area contributed by atoms with Crippen LogP contribution < -0.4 is 0 Å². The molecule has 0 radical (unpaired) electrons. The predicted molar refractivity (Wildman–Crippen MR) is 118 cm³/mol. The van der Waals surface area contributed by atoms with Crippen LogP contribution in [-0.2, 0) is 4.43 Å². The number of hydrogen-bond donors (Lipinski definition) is 0. The Kier molecular flexibility index (Phi) is 11.1. The van der Waals surface area contributed by atoms with Crippen LogP contribution >= 0.6 is 0 Å². The summed E-state index contributed by atoms with van der Waals surface area (Å²) in [6, 6.07) is 5.54. The van der Waals surface area contributed by atoms with Crippen molar-refractivity contribution in [3.8, 4) is 0 Å². The fraction of sp³-hybridized carbons (Fsp3) is 1.00. The third kappa shape index (κ3) is 7.83. The topological polar surface area (TPSA) is 15.7 Å². The van der Waals surface area contributed by atoms with Crippen LogP contribution in [0.3, 0.4) is 0 Å². The molecule has 0 amide bonds. The Balaban J connectivity index is 2.63. The van der Waals surface area contributed by atoms with Crippen molar-refractivity contribution in [2.24, 2.45) is 0 Å². The molecule has 0 spiro atoms. The van der Waals surface area contributed by atoms with Gasteiger partial charge in [-0.05, 0) is 83.1 Å². The minimum absolute atomic E-state index is 0.884. The summed E-state index contributed by atoms with van der Waals surface area (Å²) in [6.07, 6.45) is 5.58. The molecule has 150 valence electrons. The Bertz CT molecular complexity index is 334. The lowest BCUT2D eigenvalue weighted by molar-refractivity contribution is 0.210. The van der Waals surface area contributed by atoms with E-state index in [0.717, 1.165) is 6.61 Å². The molecule has 1 saturated heterocycles. The normalized spacial score (nSPS) is 17.4. The second kappa shape index (κ2) is 11.9. The van der Waals surface area contributed by atoms with Crippen molar-refractivity contribution in [1.82, 2.24) is 9.47 Å². The van der Waals surface area contributed by atoms with Gasteiger partial charge in [-0.3, -0.25) is 0 Å². The average Bonchev–Trinajstić information content (AvgIpc) is 2.61. The maximum absolute atomic E-state index is 6.05. The van der Waals surface area contributed by atoms with Crippen molar-refractivity contribution in [3.05, 3.63) is 0 Å². The van der Waals surface area contributed by atoms with E-state index in [4.69, 9.17) is 4.43 Å². The first-order chi connectivity index (χ1) is 11.9. The van der Waals surface area contributed by atoms with Crippen molar-refractivity contribution in [2.45, 2.75) is 90.6 Å². The van der Waals surface area contributed by atoms with E-state index < -0.39 is 16.6 Å². The zero-order valence-electron chi connectivity index (χ0n) is 18.2. The van der Waals surface area contributed by atoms with Gasteiger partial charge in [0.25, 0.3) is 0 Å². The summed E-state index contributed by atoms with van der Waals surface area (Å²) in [5.41, 5.74) is 0. The van der Waals surface area contributed by atoms with Gasteiger partial charge in [0.1, 0.15) is 8.24 Å². The van der Waals surface area contributed by atoms with Crippen molar-refractivity contribution >= 4 is 16.6 Å². The summed E-state index contributed by atoms with van der Waals surface area (Å²) < 4.78 is 9.04. The Morgan fingerprint density at radius 3 is 2.00 bits per heavy atom. The van der Waals surface area contributed by atoms with Gasteiger partial charge in [-0.2, -0.15) is 0 Å². The van der Waals surface area contributed by atoms with Crippen molar-refractivity contribution in [2.75, 3.05) is 39.3 Å². The van der Waals surface area contributed by atoms with E-state index in [0.29, 0.717) is 0 Å². The molecule has 0 saturated carbocycles. The second-order valence-electron chi connectivity index (χ2n) is 8.47. The molecule has 0 bridgehead atoms. The molecule has 1 heterocycles. The van der Waals surface area contributed by atoms with E-state index in [2.05, 4.69) is 50.3 Å². The molecule has 0 N–H and O–H groups in total. The van der Waals surface area contributed by atoms with Crippen LogP contribution in [-0.4, -0.2) is 65.3 Å². The Hall–Kier alpha value is 0.314. The molecule has 0 atom stereocenters. The number of hydrogen-bond acceptors (Lipinski definition) is 3. The lowest BCUT2D eigenvalue weighted by Crippen LogP contribution is -2.55. The molecule has 0 aromatic heterocycles. The minimum Gasteiger partial charge on any atom is -0.418 e. The molecule has 25 heavy (non-hydrogen) atoms. The number of piperidine rings is 1. The van der Waals surface area contributed by atoms with Crippen LogP contribution in [0.5, 0.6) is 0 Å². The first-order valence-corrected chi connectivity index (χ1v) is 16.7. The largest absolute Gasteiger partial charge is 0.418 e. The summed E-state index contributed by atoms with van der Waals surface area (Å²) in [5.74, 6) is 0. The third-order valence-corrected chi connectivity index (χ3v) is 14.9. The summed E-state index contributed by atoms with van der Waals surface area (Å²) >= 11 is 0. The van der Waals surface area contributed by atoms with E-state index in [1.54, 1.807) is 0 Å². The van der Waals surface area contributed by atoms with E-state index in [1.165, 1.54) is 82.6 Å². The third-order valence-electron chi connectivity index (χ3n) is 6.52. The molecule has 0 aromatic carbocycles. The maximum atomic E-state index is 6.05. The molecule has 0 unspecified atom stereocenters. The Morgan fingerprint density at radius 1 is 0.880 bits per heavy atom. The van der Waals surface area contributed by atoms with Gasteiger partial charge in [0.2, 0.25) is 0 Å². The monoisotopic (exact) mass is 386 g/mol.